The van der Waals surface area contributed by atoms with Gasteiger partial charge >= 0.3 is 0 Å². The molecule has 0 unspecified atom stereocenters. The van der Waals surface area contributed by atoms with Crippen molar-refractivity contribution in [1.29, 1.82) is 0 Å². The highest BCUT2D eigenvalue weighted by Gasteiger charge is 2.33. The van der Waals surface area contributed by atoms with Crippen LogP contribution in [0.15, 0.2) is 24.3 Å². The molecule has 2 rings (SSSR count). The Morgan fingerprint density at radius 2 is 1.84 bits per heavy atom. The molecule has 0 amide bonds. The minimum Gasteiger partial charge on any atom is -0.493 e. The Kier molecular flexibility index (Phi) is 5.71. The maximum Gasteiger partial charge on any atom is 0.119 e. The van der Waals surface area contributed by atoms with Gasteiger partial charge in [0, 0.05) is 17.9 Å². The van der Waals surface area contributed by atoms with E-state index in [4.69, 9.17) is 9.47 Å². The molecule has 1 saturated carbocycles. The van der Waals surface area contributed by atoms with Crippen LogP contribution in [-0.4, -0.2) is 25.7 Å². The highest BCUT2D eigenvalue weighted by Crippen LogP contribution is 2.39. The fourth-order valence-corrected chi connectivity index (χ4v) is 3.37. The smallest absolute Gasteiger partial charge is 0.119 e. The lowest BCUT2D eigenvalue weighted by molar-refractivity contribution is 0.174. The summed E-state index contributed by atoms with van der Waals surface area (Å²) in [5.41, 5.74) is 1.65. The first-order valence-corrected chi connectivity index (χ1v) is 8.17. The van der Waals surface area contributed by atoms with Crippen molar-refractivity contribution in [1.82, 2.24) is 0 Å². The van der Waals surface area contributed by atoms with E-state index in [0.29, 0.717) is 5.41 Å². The second-order valence-electron chi connectivity index (χ2n) is 5.52. The van der Waals surface area contributed by atoms with Gasteiger partial charge in [-0.25, -0.2) is 0 Å². The zero-order valence-electron chi connectivity index (χ0n) is 11.7. The van der Waals surface area contributed by atoms with E-state index in [9.17, 15) is 0 Å². The van der Waals surface area contributed by atoms with Crippen molar-refractivity contribution in [2.45, 2.75) is 32.1 Å². The van der Waals surface area contributed by atoms with Crippen LogP contribution in [-0.2, 0) is 11.2 Å². The maximum atomic E-state index is 5.98. The van der Waals surface area contributed by atoms with Gasteiger partial charge in [0.1, 0.15) is 5.75 Å². The lowest BCUT2D eigenvalue weighted by atomic mass is 9.90. The second kappa shape index (κ2) is 7.30. The largest absolute Gasteiger partial charge is 0.493 e. The third-order valence-corrected chi connectivity index (χ3v) is 5.20. The van der Waals surface area contributed by atoms with E-state index in [1.165, 1.54) is 31.2 Å². The van der Waals surface area contributed by atoms with Crippen LogP contribution in [0.5, 0.6) is 5.75 Å². The van der Waals surface area contributed by atoms with Crippen molar-refractivity contribution >= 4 is 15.9 Å². The maximum absolute atomic E-state index is 5.98. The second-order valence-corrected chi connectivity index (χ2v) is 6.08. The first-order valence-electron chi connectivity index (χ1n) is 7.05. The predicted octanol–water partition coefficient (Wildman–Crippen LogP) is 4.21. The van der Waals surface area contributed by atoms with Gasteiger partial charge in [-0.1, -0.05) is 40.9 Å². The Bertz CT molecular complexity index is 369. The molecule has 0 spiro atoms. The third-order valence-electron chi connectivity index (χ3n) is 4.01. The van der Waals surface area contributed by atoms with Crippen molar-refractivity contribution in [3.05, 3.63) is 29.8 Å². The van der Waals surface area contributed by atoms with Crippen LogP contribution in [0, 0.1) is 5.41 Å². The highest BCUT2D eigenvalue weighted by molar-refractivity contribution is 9.09. The number of hydrogen-bond acceptors (Lipinski definition) is 2. The number of halogens is 1. The van der Waals surface area contributed by atoms with Crippen LogP contribution in [0.1, 0.15) is 31.2 Å². The number of alkyl halides is 1. The van der Waals surface area contributed by atoms with Crippen molar-refractivity contribution in [2.24, 2.45) is 5.41 Å². The summed E-state index contributed by atoms with van der Waals surface area (Å²) in [5.74, 6) is 0.980. The highest BCUT2D eigenvalue weighted by atomic mass is 79.9. The molecule has 3 heteroatoms. The summed E-state index contributed by atoms with van der Waals surface area (Å²) in [5, 5.41) is 1.05. The van der Waals surface area contributed by atoms with Gasteiger partial charge in [0.15, 0.2) is 0 Å². The summed E-state index contributed by atoms with van der Waals surface area (Å²) >= 11 is 3.65. The van der Waals surface area contributed by atoms with Crippen molar-refractivity contribution < 1.29 is 9.47 Å². The SMILES string of the molecule is COCCc1ccc(OCC2(CBr)CCCC2)cc1. The third kappa shape index (κ3) is 4.22. The molecule has 0 radical (unpaired) electrons. The summed E-state index contributed by atoms with van der Waals surface area (Å²) in [4.78, 5) is 0. The molecule has 1 aromatic carbocycles. The quantitative estimate of drug-likeness (QED) is 0.699. The number of hydrogen-bond donors (Lipinski definition) is 0. The number of methoxy groups -OCH3 is 1. The summed E-state index contributed by atoms with van der Waals surface area (Å²) in [6.45, 7) is 1.60. The molecule has 0 atom stereocenters. The van der Waals surface area contributed by atoms with E-state index < -0.39 is 0 Å². The number of benzene rings is 1. The van der Waals surface area contributed by atoms with Gasteiger partial charge in [0.25, 0.3) is 0 Å². The zero-order valence-corrected chi connectivity index (χ0v) is 13.2. The Morgan fingerprint density at radius 3 is 2.42 bits per heavy atom. The molecule has 0 bridgehead atoms. The predicted molar refractivity (Wildman–Crippen MR) is 82.2 cm³/mol. The Labute approximate surface area is 124 Å². The summed E-state index contributed by atoms with van der Waals surface area (Å²) in [6, 6.07) is 8.40. The monoisotopic (exact) mass is 326 g/mol. The molecular formula is C16H23BrO2. The molecule has 0 aromatic heterocycles. The number of ether oxygens (including phenoxy) is 2. The summed E-state index contributed by atoms with van der Waals surface area (Å²) < 4.78 is 11.1. The van der Waals surface area contributed by atoms with Crippen LogP contribution in [0.25, 0.3) is 0 Å². The van der Waals surface area contributed by atoms with Crippen molar-refractivity contribution in [3.63, 3.8) is 0 Å². The average molecular weight is 327 g/mol. The Hall–Kier alpha value is -0.540. The van der Waals surface area contributed by atoms with E-state index in [0.717, 1.165) is 30.7 Å². The van der Waals surface area contributed by atoms with Gasteiger partial charge < -0.3 is 9.47 Å². The lowest BCUT2D eigenvalue weighted by Crippen LogP contribution is -2.26. The number of rotatable bonds is 7. The van der Waals surface area contributed by atoms with E-state index in [2.05, 4.69) is 40.2 Å². The van der Waals surface area contributed by atoms with Gasteiger partial charge in [-0.2, -0.15) is 0 Å². The van der Waals surface area contributed by atoms with Gasteiger partial charge in [-0.3, -0.25) is 0 Å². The van der Waals surface area contributed by atoms with E-state index >= 15 is 0 Å². The van der Waals surface area contributed by atoms with Crippen molar-refractivity contribution in [2.75, 3.05) is 25.7 Å². The van der Waals surface area contributed by atoms with Crippen LogP contribution >= 0.6 is 15.9 Å². The molecule has 1 aliphatic rings. The molecule has 1 aromatic rings. The Morgan fingerprint density at radius 1 is 1.16 bits per heavy atom. The molecule has 19 heavy (non-hydrogen) atoms. The summed E-state index contributed by atoms with van der Waals surface area (Å²) in [7, 11) is 1.73. The fraction of sp³-hybridized carbons (Fsp3) is 0.625. The fourth-order valence-electron chi connectivity index (χ4n) is 2.65. The molecule has 0 aliphatic heterocycles. The van der Waals surface area contributed by atoms with Crippen LogP contribution in [0.3, 0.4) is 0 Å². The van der Waals surface area contributed by atoms with Gasteiger partial charge in [-0.15, -0.1) is 0 Å². The Balaban J connectivity index is 1.85. The van der Waals surface area contributed by atoms with Gasteiger partial charge in [0.2, 0.25) is 0 Å². The van der Waals surface area contributed by atoms with Crippen LogP contribution in [0.2, 0.25) is 0 Å². The van der Waals surface area contributed by atoms with E-state index in [1.54, 1.807) is 7.11 Å². The zero-order chi connectivity index (χ0) is 13.6. The van der Waals surface area contributed by atoms with Crippen LogP contribution in [0.4, 0.5) is 0 Å². The molecule has 106 valence electrons. The van der Waals surface area contributed by atoms with Gasteiger partial charge in [0.05, 0.1) is 13.2 Å². The molecule has 0 heterocycles. The average Bonchev–Trinajstić information content (AvgIpc) is 2.93. The lowest BCUT2D eigenvalue weighted by Gasteiger charge is -2.26. The molecular weight excluding hydrogens is 304 g/mol. The van der Waals surface area contributed by atoms with E-state index in [1.807, 2.05) is 0 Å². The minimum absolute atomic E-state index is 0.356. The van der Waals surface area contributed by atoms with Gasteiger partial charge in [-0.05, 0) is 37.0 Å². The molecule has 1 aliphatic carbocycles. The molecule has 1 fully saturated rings. The van der Waals surface area contributed by atoms with E-state index in [-0.39, 0.29) is 0 Å². The normalized spacial score (nSPS) is 17.6. The van der Waals surface area contributed by atoms with Crippen molar-refractivity contribution in [3.8, 4) is 5.75 Å². The van der Waals surface area contributed by atoms with Crippen LogP contribution < -0.4 is 4.74 Å². The topological polar surface area (TPSA) is 18.5 Å². The molecule has 0 saturated heterocycles. The first-order chi connectivity index (χ1) is 9.28. The molecule has 2 nitrogen and oxygen atoms in total. The standard InChI is InChI=1S/C16H23BrO2/c1-18-11-8-14-4-6-15(7-5-14)19-13-16(12-17)9-2-3-10-16/h4-7H,2-3,8-13H2,1H3. The minimum atomic E-state index is 0.356. The molecule has 0 N–H and O–H groups in total. The summed E-state index contributed by atoms with van der Waals surface area (Å²) in [6.07, 6.45) is 6.20. The first kappa shape index (κ1) is 14.9.